The standard InChI is InChI=1S/C23H18N2O4/c26-21-13-7-6-12-18(21)20-14-19(15-8-2-1-3-9-15)24-25(20)22(27)16-10-4-5-11-17(16)23(28)29/h1-14,20,24,26H,(H,28,29)/p-1/t20-/m0/s1. The number of nitrogens with zero attached hydrogens (tertiary/aromatic N) is 1. The highest BCUT2D eigenvalue weighted by molar-refractivity contribution is 6.04. The number of para-hydroxylation sites is 1. The van der Waals surface area contributed by atoms with Gasteiger partial charge in [-0.1, -0.05) is 66.7 Å². The number of aromatic hydroxyl groups is 1. The van der Waals surface area contributed by atoms with Crippen molar-refractivity contribution in [1.29, 1.82) is 0 Å². The second-order valence-electron chi connectivity index (χ2n) is 6.57. The van der Waals surface area contributed by atoms with Gasteiger partial charge in [0.2, 0.25) is 0 Å². The van der Waals surface area contributed by atoms with E-state index in [0.717, 1.165) is 5.56 Å². The molecule has 1 amide bonds. The van der Waals surface area contributed by atoms with Crippen molar-refractivity contribution >= 4 is 17.6 Å². The average Bonchev–Trinajstić information content (AvgIpc) is 3.19. The number of rotatable bonds is 4. The number of benzene rings is 3. The van der Waals surface area contributed by atoms with Crippen molar-refractivity contribution in [3.05, 3.63) is 107 Å². The number of phenols is 1. The molecule has 0 saturated carbocycles. The van der Waals surface area contributed by atoms with Crippen LogP contribution in [0.2, 0.25) is 0 Å². The number of carboxylic acids is 1. The Bertz CT molecular complexity index is 1110. The van der Waals surface area contributed by atoms with Crippen LogP contribution in [0, 0.1) is 0 Å². The Kier molecular flexibility index (Phi) is 4.75. The summed E-state index contributed by atoms with van der Waals surface area (Å²) in [5.74, 6) is -1.93. The van der Waals surface area contributed by atoms with Crippen LogP contribution < -0.4 is 10.5 Å². The third kappa shape index (κ3) is 3.43. The number of carboxylic acid groups (broad SMARTS) is 1. The second-order valence-corrected chi connectivity index (χ2v) is 6.57. The minimum Gasteiger partial charge on any atom is -0.545 e. The lowest BCUT2D eigenvalue weighted by Gasteiger charge is -2.27. The predicted octanol–water partition coefficient (Wildman–Crippen LogP) is 2.50. The normalized spacial score (nSPS) is 15.5. The quantitative estimate of drug-likeness (QED) is 0.720. The summed E-state index contributed by atoms with van der Waals surface area (Å²) in [7, 11) is 0. The van der Waals surface area contributed by atoms with E-state index in [1.165, 1.54) is 23.2 Å². The van der Waals surface area contributed by atoms with Gasteiger partial charge in [-0.25, -0.2) is 5.01 Å². The first-order chi connectivity index (χ1) is 14.1. The Labute approximate surface area is 167 Å². The first kappa shape index (κ1) is 18.3. The highest BCUT2D eigenvalue weighted by Gasteiger charge is 2.33. The number of nitrogens with one attached hydrogen (secondary N) is 1. The summed E-state index contributed by atoms with van der Waals surface area (Å²) in [5.41, 5.74) is 4.93. The Hall–Kier alpha value is -4.06. The number of carbonyl (C=O) groups is 2. The van der Waals surface area contributed by atoms with Gasteiger partial charge < -0.3 is 15.0 Å². The van der Waals surface area contributed by atoms with E-state index in [4.69, 9.17) is 0 Å². The maximum Gasteiger partial charge on any atom is 0.273 e. The molecule has 3 aromatic carbocycles. The first-order valence-electron chi connectivity index (χ1n) is 9.02. The minimum atomic E-state index is -1.43. The fourth-order valence-electron chi connectivity index (χ4n) is 3.37. The molecular weight excluding hydrogens is 368 g/mol. The maximum absolute atomic E-state index is 13.3. The summed E-state index contributed by atoms with van der Waals surface area (Å²) in [4.78, 5) is 24.8. The van der Waals surface area contributed by atoms with Crippen LogP contribution in [0.15, 0.2) is 84.9 Å². The number of hydrogen-bond acceptors (Lipinski definition) is 5. The number of amides is 1. The van der Waals surface area contributed by atoms with Gasteiger partial charge >= 0.3 is 0 Å². The largest absolute Gasteiger partial charge is 0.545 e. The van der Waals surface area contributed by atoms with Gasteiger partial charge in [0.15, 0.2) is 0 Å². The number of carbonyl (C=O) groups excluding carboxylic acids is 2. The monoisotopic (exact) mass is 385 g/mol. The van der Waals surface area contributed by atoms with Gasteiger partial charge in [-0.05, 0) is 23.8 Å². The Balaban J connectivity index is 1.79. The molecule has 0 unspecified atom stereocenters. The summed E-state index contributed by atoms with van der Waals surface area (Å²) < 4.78 is 0. The summed E-state index contributed by atoms with van der Waals surface area (Å²) in [5, 5.41) is 23.1. The van der Waals surface area contributed by atoms with E-state index in [9.17, 15) is 19.8 Å². The van der Waals surface area contributed by atoms with Crippen molar-refractivity contribution in [2.45, 2.75) is 6.04 Å². The lowest BCUT2D eigenvalue weighted by atomic mass is 10.0. The molecule has 0 bridgehead atoms. The fourth-order valence-corrected chi connectivity index (χ4v) is 3.37. The van der Waals surface area contributed by atoms with Crippen LogP contribution in [-0.4, -0.2) is 22.0 Å². The molecule has 29 heavy (non-hydrogen) atoms. The highest BCUT2D eigenvalue weighted by Crippen LogP contribution is 2.36. The van der Waals surface area contributed by atoms with E-state index in [2.05, 4.69) is 5.43 Å². The van der Waals surface area contributed by atoms with Crippen LogP contribution in [0.4, 0.5) is 0 Å². The predicted molar refractivity (Wildman–Crippen MR) is 105 cm³/mol. The van der Waals surface area contributed by atoms with Crippen molar-refractivity contribution in [2.75, 3.05) is 0 Å². The van der Waals surface area contributed by atoms with Crippen molar-refractivity contribution in [1.82, 2.24) is 10.4 Å². The molecule has 3 aromatic rings. The molecule has 144 valence electrons. The molecule has 2 N–H and O–H groups in total. The Morgan fingerprint density at radius 3 is 2.17 bits per heavy atom. The van der Waals surface area contributed by atoms with Gasteiger partial charge in [0.1, 0.15) is 11.8 Å². The minimum absolute atomic E-state index is 0.00290. The van der Waals surface area contributed by atoms with E-state index in [1.807, 2.05) is 36.4 Å². The van der Waals surface area contributed by atoms with Gasteiger partial charge in [-0.2, -0.15) is 0 Å². The maximum atomic E-state index is 13.3. The molecule has 6 nitrogen and oxygen atoms in total. The lowest BCUT2D eigenvalue weighted by Crippen LogP contribution is -2.40. The third-order valence-corrected chi connectivity index (χ3v) is 4.78. The molecular formula is C23H17N2O4-. The zero-order chi connectivity index (χ0) is 20.4. The molecule has 1 atom stereocenters. The van der Waals surface area contributed by atoms with E-state index in [1.54, 1.807) is 30.3 Å². The molecule has 0 aromatic heterocycles. The second kappa shape index (κ2) is 7.52. The van der Waals surface area contributed by atoms with Gasteiger partial charge in [0, 0.05) is 11.1 Å². The van der Waals surface area contributed by atoms with Crippen molar-refractivity contribution < 1.29 is 19.8 Å². The molecule has 1 aliphatic heterocycles. The van der Waals surface area contributed by atoms with Gasteiger partial charge in [0.05, 0.1) is 17.2 Å². The number of aromatic carboxylic acids is 1. The van der Waals surface area contributed by atoms with E-state index >= 15 is 0 Å². The van der Waals surface area contributed by atoms with Crippen molar-refractivity contribution in [3.63, 3.8) is 0 Å². The summed E-state index contributed by atoms with van der Waals surface area (Å²) in [6, 6.07) is 21.4. The summed E-state index contributed by atoms with van der Waals surface area (Å²) in [6.07, 6.45) is 1.82. The third-order valence-electron chi connectivity index (χ3n) is 4.78. The first-order valence-corrected chi connectivity index (χ1v) is 9.02. The van der Waals surface area contributed by atoms with Gasteiger partial charge in [-0.3, -0.25) is 10.2 Å². The zero-order valence-electron chi connectivity index (χ0n) is 15.3. The summed E-state index contributed by atoms with van der Waals surface area (Å²) >= 11 is 0. The summed E-state index contributed by atoms with van der Waals surface area (Å²) in [6.45, 7) is 0. The van der Waals surface area contributed by atoms with Crippen molar-refractivity contribution in [3.8, 4) is 5.75 Å². The molecule has 6 heteroatoms. The average molecular weight is 385 g/mol. The number of phenolic OH excluding ortho intramolecular Hbond substituents is 1. The lowest BCUT2D eigenvalue weighted by molar-refractivity contribution is -0.255. The molecule has 0 fully saturated rings. The van der Waals surface area contributed by atoms with Gasteiger partial charge in [0.25, 0.3) is 5.91 Å². The smallest absolute Gasteiger partial charge is 0.273 e. The molecule has 0 radical (unpaired) electrons. The topological polar surface area (TPSA) is 92.7 Å². The molecule has 0 spiro atoms. The Morgan fingerprint density at radius 2 is 1.48 bits per heavy atom. The van der Waals surface area contributed by atoms with Crippen LogP contribution in [0.3, 0.4) is 0 Å². The van der Waals surface area contributed by atoms with Crippen LogP contribution >= 0.6 is 0 Å². The molecule has 0 aliphatic carbocycles. The molecule has 1 heterocycles. The Morgan fingerprint density at radius 1 is 0.862 bits per heavy atom. The number of hydrazine groups is 1. The molecule has 4 rings (SSSR count). The van der Waals surface area contributed by atoms with E-state index in [0.29, 0.717) is 11.3 Å². The van der Waals surface area contributed by atoms with Crippen LogP contribution in [0.25, 0.3) is 5.70 Å². The zero-order valence-corrected chi connectivity index (χ0v) is 15.3. The van der Waals surface area contributed by atoms with E-state index in [-0.39, 0.29) is 16.9 Å². The van der Waals surface area contributed by atoms with E-state index < -0.39 is 17.9 Å². The van der Waals surface area contributed by atoms with Crippen LogP contribution in [0.1, 0.15) is 37.9 Å². The SMILES string of the molecule is O=C([O-])c1ccccc1C(=O)N1NC(c2ccccc2)=C[C@H]1c1ccccc1O. The van der Waals surface area contributed by atoms with Gasteiger partial charge in [-0.15, -0.1) is 0 Å². The van der Waals surface area contributed by atoms with Crippen molar-refractivity contribution in [2.24, 2.45) is 0 Å². The highest BCUT2D eigenvalue weighted by atomic mass is 16.4. The number of hydrogen-bond donors (Lipinski definition) is 2. The fraction of sp³-hybridized carbons (Fsp3) is 0.0435. The van der Waals surface area contributed by atoms with Crippen LogP contribution in [0.5, 0.6) is 5.75 Å². The molecule has 0 saturated heterocycles. The van der Waals surface area contributed by atoms with Crippen LogP contribution in [-0.2, 0) is 0 Å². The molecule has 1 aliphatic rings.